The van der Waals surface area contributed by atoms with Gasteiger partial charge in [-0.05, 0) is 24.5 Å². The minimum atomic E-state index is -0.835. The lowest BCUT2D eigenvalue weighted by Crippen LogP contribution is -2.49. The van der Waals surface area contributed by atoms with Gasteiger partial charge in [-0.25, -0.2) is 0 Å². The Morgan fingerprint density at radius 3 is 2.71 bits per heavy atom. The first-order chi connectivity index (χ1) is 10.1. The molecule has 21 heavy (non-hydrogen) atoms. The Hall–Kier alpha value is -1.49. The van der Waals surface area contributed by atoms with Gasteiger partial charge in [-0.2, -0.15) is 0 Å². The molecule has 0 radical (unpaired) electrons. The minimum Gasteiger partial charge on any atom is -0.481 e. The van der Waals surface area contributed by atoms with Gasteiger partial charge in [0.05, 0.1) is 17.9 Å². The summed E-state index contributed by atoms with van der Waals surface area (Å²) >= 11 is 1.70. The molecule has 1 heterocycles. The number of thioether (sulfide) groups is 1. The number of nitrogens with one attached hydrogen (secondary N) is 1. The van der Waals surface area contributed by atoms with Crippen LogP contribution in [0.3, 0.4) is 0 Å². The molecule has 1 aromatic rings. The van der Waals surface area contributed by atoms with Crippen molar-refractivity contribution in [1.29, 1.82) is 0 Å². The summed E-state index contributed by atoms with van der Waals surface area (Å²) in [5.74, 6) is -0.264. The molecular formula is C16H19NO3S. The van der Waals surface area contributed by atoms with E-state index >= 15 is 0 Å². The highest BCUT2D eigenvalue weighted by Crippen LogP contribution is 2.40. The van der Waals surface area contributed by atoms with E-state index in [0.29, 0.717) is 0 Å². The van der Waals surface area contributed by atoms with Crippen LogP contribution in [-0.4, -0.2) is 28.3 Å². The van der Waals surface area contributed by atoms with Crippen molar-refractivity contribution >= 4 is 23.6 Å². The van der Waals surface area contributed by atoms with Gasteiger partial charge in [0.2, 0.25) is 5.91 Å². The predicted molar refractivity (Wildman–Crippen MR) is 81.5 cm³/mol. The Labute approximate surface area is 128 Å². The third-order valence-electron chi connectivity index (χ3n) is 4.46. The molecular weight excluding hydrogens is 286 g/mol. The normalized spacial score (nSPS) is 22.8. The summed E-state index contributed by atoms with van der Waals surface area (Å²) in [6, 6.07) is 7.97. The molecule has 1 unspecified atom stereocenters. The van der Waals surface area contributed by atoms with Crippen molar-refractivity contribution < 1.29 is 14.7 Å². The lowest BCUT2D eigenvalue weighted by Gasteiger charge is -2.30. The van der Waals surface area contributed by atoms with E-state index in [9.17, 15) is 9.59 Å². The largest absolute Gasteiger partial charge is 0.481 e. The van der Waals surface area contributed by atoms with Gasteiger partial charge in [0.25, 0.3) is 0 Å². The molecule has 1 aliphatic heterocycles. The van der Waals surface area contributed by atoms with Crippen LogP contribution in [0.25, 0.3) is 0 Å². The van der Waals surface area contributed by atoms with Crippen molar-refractivity contribution in [2.45, 2.75) is 48.5 Å². The monoisotopic (exact) mass is 305 g/mol. The maximum atomic E-state index is 12.6. The van der Waals surface area contributed by atoms with Crippen molar-refractivity contribution in [3.8, 4) is 0 Å². The number of amides is 1. The summed E-state index contributed by atoms with van der Waals surface area (Å²) in [6.45, 7) is 0. The lowest BCUT2D eigenvalue weighted by atomic mass is 9.91. The van der Waals surface area contributed by atoms with Gasteiger partial charge in [-0.15, -0.1) is 11.8 Å². The van der Waals surface area contributed by atoms with E-state index in [2.05, 4.69) is 5.32 Å². The number of benzene rings is 1. The Kier molecular flexibility index (Phi) is 3.93. The highest BCUT2D eigenvalue weighted by Gasteiger charge is 2.40. The smallest absolute Gasteiger partial charge is 0.305 e. The molecule has 3 rings (SSSR count). The SMILES string of the molecule is O=C(O)CC1(NC(=O)C2CSc3ccccc32)CCCC1. The van der Waals surface area contributed by atoms with Crippen molar-refractivity contribution in [3.63, 3.8) is 0 Å². The van der Waals surface area contributed by atoms with Crippen LogP contribution >= 0.6 is 11.8 Å². The fourth-order valence-electron chi connectivity index (χ4n) is 3.42. The molecule has 1 aliphatic carbocycles. The standard InChI is InChI=1S/C16H19NO3S/c18-14(19)9-16(7-3-4-8-16)17-15(20)12-10-21-13-6-2-1-5-11(12)13/h1-2,5-6,12H,3-4,7-10H2,(H,17,20)(H,18,19). The van der Waals surface area contributed by atoms with Crippen LogP contribution in [0.4, 0.5) is 0 Å². The number of carboxylic acid groups (broad SMARTS) is 1. The summed E-state index contributed by atoms with van der Waals surface area (Å²) in [5.41, 5.74) is 0.536. The van der Waals surface area contributed by atoms with Gasteiger partial charge in [0.1, 0.15) is 0 Å². The van der Waals surface area contributed by atoms with Crippen LogP contribution in [0.1, 0.15) is 43.6 Å². The molecule has 1 fully saturated rings. The summed E-state index contributed by atoms with van der Waals surface area (Å²) in [4.78, 5) is 24.9. The third-order valence-corrected chi connectivity index (χ3v) is 5.64. The number of aliphatic carboxylic acids is 1. The molecule has 1 saturated carbocycles. The lowest BCUT2D eigenvalue weighted by molar-refractivity contribution is -0.139. The van der Waals surface area contributed by atoms with Crippen LogP contribution in [0.5, 0.6) is 0 Å². The second-order valence-corrected chi connectivity index (χ2v) is 7.01. The Morgan fingerprint density at radius 1 is 1.29 bits per heavy atom. The number of carbonyl (C=O) groups is 2. The maximum Gasteiger partial charge on any atom is 0.305 e. The Morgan fingerprint density at radius 2 is 2.00 bits per heavy atom. The Balaban J connectivity index is 1.75. The fourth-order valence-corrected chi connectivity index (χ4v) is 4.64. The molecule has 0 bridgehead atoms. The van der Waals surface area contributed by atoms with E-state index in [1.54, 1.807) is 11.8 Å². The van der Waals surface area contributed by atoms with Gasteiger partial charge in [-0.3, -0.25) is 9.59 Å². The number of carbonyl (C=O) groups excluding carboxylic acids is 1. The van der Waals surface area contributed by atoms with E-state index in [1.807, 2.05) is 24.3 Å². The predicted octanol–water partition coefficient (Wildman–Crippen LogP) is 2.78. The van der Waals surface area contributed by atoms with Crippen molar-refractivity contribution in [2.24, 2.45) is 0 Å². The molecule has 0 saturated heterocycles. The minimum absolute atomic E-state index is 0.0180. The van der Waals surface area contributed by atoms with Crippen molar-refractivity contribution in [1.82, 2.24) is 5.32 Å². The van der Waals surface area contributed by atoms with E-state index in [0.717, 1.165) is 41.9 Å². The molecule has 1 aromatic carbocycles. The van der Waals surface area contributed by atoms with Crippen LogP contribution < -0.4 is 5.32 Å². The molecule has 1 amide bonds. The first-order valence-electron chi connectivity index (χ1n) is 7.35. The van der Waals surface area contributed by atoms with E-state index in [1.165, 1.54) is 0 Å². The zero-order valence-electron chi connectivity index (χ0n) is 11.8. The van der Waals surface area contributed by atoms with Crippen LogP contribution in [0.2, 0.25) is 0 Å². The number of carboxylic acids is 1. The van der Waals surface area contributed by atoms with Crippen LogP contribution in [0.15, 0.2) is 29.2 Å². The van der Waals surface area contributed by atoms with E-state index in [4.69, 9.17) is 5.11 Å². The third kappa shape index (κ3) is 2.93. The van der Waals surface area contributed by atoms with E-state index in [-0.39, 0.29) is 18.2 Å². The molecule has 112 valence electrons. The highest BCUT2D eigenvalue weighted by molar-refractivity contribution is 7.99. The average molecular weight is 305 g/mol. The first-order valence-corrected chi connectivity index (χ1v) is 8.34. The fraction of sp³-hybridized carbons (Fsp3) is 0.500. The Bertz CT molecular complexity index is 566. The molecule has 4 nitrogen and oxygen atoms in total. The van der Waals surface area contributed by atoms with Crippen LogP contribution in [0, 0.1) is 0 Å². The number of fused-ring (bicyclic) bond motifs is 1. The quantitative estimate of drug-likeness (QED) is 0.897. The maximum absolute atomic E-state index is 12.6. The zero-order valence-corrected chi connectivity index (χ0v) is 12.6. The van der Waals surface area contributed by atoms with Crippen molar-refractivity contribution in [2.75, 3.05) is 5.75 Å². The topological polar surface area (TPSA) is 66.4 Å². The second-order valence-electron chi connectivity index (χ2n) is 5.95. The number of hydrogen-bond acceptors (Lipinski definition) is 3. The summed E-state index contributed by atoms with van der Waals surface area (Å²) in [7, 11) is 0. The summed E-state index contributed by atoms with van der Waals surface area (Å²) in [5, 5.41) is 12.2. The number of rotatable bonds is 4. The van der Waals surface area contributed by atoms with Gasteiger partial charge >= 0.3 is 5.97 Å². The van der Waals surface area contributed by atoms with Gasteiger partial charge in [0.15, 0.2) is 0 Å². The van der Waals surface area contributed by atoms with Gasteiger partial charge in [-0.1, -0.05) is 31.0 Å². The summed E-state index contributed by atoms with van der Waals surface area (Å²) in [6.07, 6.45) is 3.55. The molecule has 5 heteroatoms. The first kappa shape index (κ1) is 14.4. The average Bonchev–Trinajstić information content (AvgIpc) is 3.04. The van der Waals surface area contributed by atoms with Crippen LogP contribution in [-0.2, 0) is 9.59 Å². The van der Waals surface area contributed by atoms with Crippen molar-refractivity contribution in [3.05, 3.63) is 29.8 Å². The molecule has 1 atom stereocenters. The molecule has 2 N–H and O–H groups in total. The molecule has 0 spiro atoms. The number of hydrogen-bond donors (Lipinski definition) is 2. The highest BCUT2D eigenvalue weighted by atomic mass is 32.2. The second kappa shape index (κ2) is 5.72. The van der Waals surface area contributed by atoms with Gasteiger partial charge < -0.3 is 10.4 Å². The molecule has 2 aliphatic rings. The molecule has 0 aromatic heterocycles. The zero-order chi connectivity index (χ0) is 14.9. The van der Waals surface area contributed by atoms with Gasteiger partial charge in [0, 0.05) is 10.6 Å². The van der Waals surface area contributed by atoms with E-state index < -0.39 is 11.5 Å². The summed E-state index contributed by atoms with van der Waals surface area (Å²) < 4.78 is 0.